The molecular formula is C21H19ClFN3O3S2. The Morgan fingerprint density at radius 1 is 1.29 bits per heavy atom. The van der Waals surface area contributed by atoms with Crippen LogP contribution in [0.4, 0.5) is 10.2 Å². The van der Waals surface area contributed by atoms with Crippen LogP contribution in [0.2, 0.25) is 5.02 Å². The zero-order valence-electron chi connectivity index (χ0n) is 16.3. The number of sulfonamides is 1. The molecule has 2 aromatic heterocycles. The van der Waals surface area contributed by atoms with Gasteiger partial charge in [0.15, 0.2) is 5.82 Å². The van der Waals surface area contributed by atoms with E-state index in [1.54, 1.807) is 12.4 Å². The van der Waals surface area contributed by atoms with E-state index < -0.39 is 20.7 Å². The summed E-state index contributed by atoms with van der Waals surface area (Å²) in [5.41, 5.74) is 3.71. The highest BCUT2D eigenvalue weighted by atomic mass is 35.5. The van der Waals surface area contributed by atoms with Gasteiger partial charge in [-0.25, -0.2) is 17.8 Å². The van der Waals surface area contributed by atoms with Gasteiger partial charge < -0.3 is 4.74 Å². The first-order valence-electron chi connectivity index (χ1n) is 9.57. The number of thiazole rings is 1. The number of hydrogen-bond acceptors (Lipinski definition) is 6. The Morgan fingerprint density at radius 3 is 2.84 bits per heavy atom. The van der Waals surface area contributed by atoms with Gasteiger partial charge in [0.2, 0.25) is 0 Å². The normalized spacial score (nSPS) is 16.6. The van der Waals surface area contributed by atoms with E-state index in [4.69, 9.17) is 16.3 Å². The Bertz CT molecular complexity index is 1190. The minimum Gasteiger partial charge on any atom is -0.491 e. The molecule has 1 unspecified atom stereocenters. The molecule has 0 fully saturated rings. The van der Waals surface area contributed by atoms with Crippen LogP contribution >= 0.6 is 22.9 Å². The molecule has 1 aliphatic rings. The fourth-order valence-electron chi connectivity index (χ4n) is 3.49. The molecular weight excluding hydrogens is 461 g/mol. The van der Waals surface area contributed by atoms with Crippen LogP contribution in [-0.2, 0) is 10.0 Å². The molecule has 6 nitrogen and oxygen atoms in total. The van der Waals surface area contributed by atoms with Gasteiger partial charge in [-0.05, 0) is 48.6 Å². The van der Waals surface area contributed by atoms with Crippen LogP contribution < -0.4 is 9.46 Å². The first-order valence-corrected chi connectivity index (χ1v) is 12.4. The zero-order valence-corrected chi connectivity index (χ0v) is 18.7. The number of hydrogen-bond donors (Lipinski definition) is 1. The molecule has 10 heteroatoms. The molecule has 1 N–H and O–H groups in total. The molecule has 162 valence electrons. The molecule has 3 aromatic rings. The quantitative estimate of drug-likeness (QED) is 0.491. The second-order valence-corrected chi connectivity index (χ2v) is 9.80. The average molecular weight is 480 g/mol. The van der Waals surface area contributed by atoms with Crippen LogP contribution in [0, 0.1) is 11.7 Å². The van der Waals surface area contributed by atoms with Crippen LogP contribution in [0.5, 0.6) is 5.75 Å². The van der Waals surface area contributed by atoms with Crippen molar-refractivity contribution in [3.63, 3.8) is 0 Å². The largest absolute Gasteiger partial charge is 0.491 e. The van der Waals surface area contributed by atoms with E-state index in [-0.39, 0.29) is 22.5 Å². The Labute approximate surface area is 188 Å². The summed E-state index contributed by atoms with van der Waals surface area (Å²) in [5.74, 6) is -0.610. The number of rotatable bonds is 7. The SMILES string of the molecule is O=S(=O)(Nc1cscn1)c1cc(Cl)c(OCC2CCCC=C2c2ccncc2)cc1F. The highest BCUT2D eigenvalue weighted by molar-refractivity contribution is 7.92. The molecule has 1 atom stereocenters. The van der Waals surface area contributed by atoms with Crippen molar-refractivity contribution >= 4 is 44.4 Å². The summed E-state index contributed by atoms with van der Waals surface area (Å²) in [7, 11) is -4.17. The molecule has 1 aliphatic carbocycles. The number of benzene rings is 1. The van der Waals surface area contributed by atoms with Crippen molar-refractivity contribution in [3.8, 4) is 5.75 Å². The van der Waals surface area contributed by atoms with Crippen LogP contribution in [-0.4, -0.2) is 25.0 Å². The molecule has 0 saturated carbocycles. The molecule has 0 saturated heterocycles. The Balaban J connectivity index is 1.51. The fourth-order valence-corrected chi connectivity index (χ4v) is 5.41. The van der Waals surface area contributed by atoms with E-state index in [0.29, 0.717) is 6.61 Å². The molecule has 0 spiro atoms. The second kappa shape index (κ2) is 9.33. The number of nitrogens with one attached hydrogen (secondary N) is 1. The molecule has 0 amide bonds. The topological polar surface area (TPSA) is 81.2 Å². The third kappa shape index (κ3) is 5.06. The monoisotopic (exact) mass is 479 g/mol. The highest BCUT2D eigenvalue weighted by Crippen LogP contribution is 2.35. The maximum atomic E-state index is 14.7. The Hall–Kier alpha value is -2.49. The molecule has 31 heavy (non-hydrogen) atoms. The third-order valence-corrected chi connectivity index (χ3v) is 7.21. The molecule has 4 rings (SSSR count). The number of ether oxygens (including phenoxy) is 1. The van der Waals surface area contributed by atoms with Crippen molar-refractivity contribution in [1.82, 2.24) is 9.97 Å². The Morgan fingerprint density at radius 2 is 2.10 bits per heavy atom. The summed E-state index contributed by atoms with van der Waals surface area (Å²) in [6.45, 7) is 0.302. The minimum atomic E-state index is -4.17. The number of nitrogens with zero attached hydrogens (tertiary/aromatic N) is 2. The van der Waals surface area contributed by atoms with E-state index in [2.05, 4.69) is 20.8 Å². The van der Waals surface area contributed by atoms with Gasteiger partial charge in [-0.2, -0.15) is 0 Å². The second-order valence-electron chi connectivity index (χ2n) is 7.03. The first kappa shape index (κ1) is 21.7. The van der Waals surface area contributed by atoms with E-state index in [1.807, 2.05) is 12.1 Å². The van der Waals surface area contributed by atoms with Crippen LogP contribution in [0.15, 0.2) is 58.5 Å². The summed E-state index contributed by atoms with van der Waals surface area (Å²) < 4.78 is 47.7. The predicted molar refractivity (Wildman–Crippen MR) is 119 cm³/mol. The van der Waals surface area contributed by atoms with Crippen LogP contribution in [0.25, 0.3) is 5.57 Å². The number of anilines is 1. The zero-order chi connectivity index (χ0) is 21.8. The van der Waals surface area contributed by atoms with Crippen molar-refractivity contribution in [1.29, 1.82) is 0 Å². The lowest BCUT2D eigenvalue weighted by Crippen LogP contribution is -2.18. The lowest BCUT2D eigenvalue weighted by Gasteiger charge is -2.25. The van der Waals surface area contributed by atoms with Gasteiger partial charge in [0, 0.05) is 29.8 Å². The van der Waals surface area contributed by atoms with Gasteiger partial charge in [0.1, 0.15) is 16.5 Å². The van der Waals surface area contributed by atoms with E-state index >= 15 is 0 Å². The minimum absolute atomic E-state index is 0.0188. The summed E-state index contributed by atoms with van der Waals surface area (Å²) in [6.07, 6.45) is 8.63. The van der Waals surface area contributed by atoms with Gasteiger partial charge in [-0.3, -0.25) is 9.71 Å². The number of allylic oxidation sites excluding steroid dienone is 1. The number of halogens is 2. The lowest BCUT2D eigenvalue weighted by atomic mass is 9.84. The lowest BCUT2D eigenvalue weighted by molar-refractivity contribution is 0.267. The van der Waals surface area contributed by atoms with Crippen molar-refractivity contribution in [2.75, 3.05) is 11.3 Å². The van der Waals surface area contributed by atoms with E-state index in [1.165, 1.54) is 22.2 Å². The van der Waals surface area contributed by atoms with E-state index in [0.717, 1.165) is 42.5 Å². The number of pyridine rings is 1. The van der Waals surface area contributed by atoms with Crippen LogP contribution in [0.3, 0.4) is 0 Å². The third-order valence-electron chi connectivity index (χ3n) is 4.96. The van der Waals surface area contributed by atoms with Crippen molar-refractivity contribution in [2.24, 2.45) is 5.92 Å². The van der Waals surface area contributed by atoms with Crippen molar-refractivity contribution in [2.45, 2.75) is 24.2 Å². The summed E-state index contributed by atoms with van der Waals surface area (Å²) >= 11 is 7.46. The predicted octanol–water partition coefficient (Wildman–Crippen LogP) is 5.39. The highest BCUT2D eigenvalue weighted by Gasteiger charge is 2.24. The van der Waals surface area contributed by atoms with E-state index in [9.17, 15) is 12.8 Å². The van der Waals surface area contributed by atoms with Crippen LogP contribution in [0.1, 0.15) is 24.8 Å². The van der Waals surface area contributed by atoms with Crippen molar-refractivity contribution in [3.05, 3.63) is 70.0 Å². The average Bonchev–Trinajstić information content (AvgIpc) is 3.27. The summed E-state index contributed by atoms with van der Waals surface area (Å²) in [5, 5.41) is 1.53. The van der Waals surface area contributed by atoms with Gasteiger partial charge in [-0.1, -0.05) is 17.7 Å². The van der Waals surface area contributed by atoms with Crippen molar-refractivity contribution < 1.29 is 17.5 Å². The van der Waals surface area contributed by atoms with Gasteiger partial charge in [0.25, 0.3) is 10.0 Å². The van der Waals surface area contributed by atoms with Gasteiger partial charge in [-0.15, -0.1) is 11.3 Å². The first-order chi connectivity index (χ1) is 14.9. The smallest absolute Gasteiger partial charge is 0.266 e. The molecule has 0 radical (unpaired) electrons. The van der Waals surface area contributed by atoms with Gasteiger partial charge in [0.05, 0.1) is 17.1 Å². The molecule has 0 bridgehead atoms. The molecule has 1 aromatic carbocycles. The maximum absolute atomic E-state index is 14.7. The molecule has 2 heterocycles. The standard InChI is InChI=1S/C21H19ClFN3O3S2/c22-17-9-20(31(27,28)26-21-12-30-13-25-21)18(23)10-19(17)29-11-15-3-1-2-4-16(15)14-5-7-24-8-6-14/h4-10,12-13,15,26H,1-3,11H2. The maximum Gasteiger partial charge on any atom is 0.266 e. The number of aromatic nitrogens is 2. The molecule has 0 aliphatic heterocycles. The summed E-state index contributed by atoms with van der Waals surface area (Å²) in [6, 6.07) is 5.97. The summed E-state index contributed by atoms with van der Waals surface area (Å²) in [4.78, 5) is 7.34. The fraction of sp³-hybridized carbons (Fsp3) is 0.238. The Kier molecular flexibility index (Phi) is 6.54. The van der Waals surface area contributed by atoms with Gasteiger partial charge >= 0.3 is 0 Å².